The predicted molar refractivity (Wildman–Crippen MR) is 96.9 cm³/mol. The van der Waals surface area contributed by atoms with Crippen molar-refractivity contribution < 1.29 is 23.8 Å². The molecule has 138 valence electrons. The van der Waals surface area contributed by atoms with E-state index in [0.29, 0.717) is 28.7 Å². The van der Waals surface area contributed by atoms with Gasteiger partial charge in [-0.05, 0) is 43.3 Å². The molecule has 0 bridgehead atoms. The van der Waals surface area contributed by atoms with E-state index in [4.69, 9.17) is 19.9 Å². The number of methoxy groups -OCH3 is 2. The predicted octanol–water partition coefficient (Wildman–Crippen LogP) is 2.49. The standard InChI is InChI=1S/C18H21N3O5/c1-11(17(22)21-18(19)23)20-12-4-9-15(25-3)16(10-12)26-14-7-5-13(24-2)6-8-14/h4-11,20H,1-3H3,(H3,19,21,22,23)/t11-/m0/s1. The molecular weight excluding hydrogens is 338 g/mol. The molecule has 0 aliphatic heterocycles. The molecule has 2 aromatic carbocycles. The molecule has 0 saturated carbocycles. The zero-order chi connectivity index (χ0) is 19.1. The van der Waals surface area contributed by atoms with Gasteiger partial charge in [-0.25, -0.2) is 4.79 Å². The summed E-state index contributed by atoms with van der Waals surface area (Å²) in [6, 6.07) is 10.6. The topological polar surface area (TPSA) is 112 Å². The van der Waals surface area contributed by atoms with E-state index in [1.54, 1.807) is 56.5 Å². The van der Waals surface area contributed by atoms with Crippen molar-refractivity contribution in [3.8, 4) is 23.0 Å². The Labute approximate surface area is 151 Å². The van der Waals surface area contributed by atoms with Crippen LogP contribution in [0, 0.1) is 0 Å². The highest BCUT2D eigenvalue weighted by atomic mass is 16.5. The van der Waals surface area contributed by atoms with Gasteiger partial charge in [0.25, 0.3) is 0 Å². The molecule has 0 spiro atoms. The van der Waals surface area contributed by atoms with Crippen LogP contribution in [-0.4, -0.2) is 32.2 Å². The molecule has 0 aliphatic rings. The number of ether oxygens (including phenoxy) is 3. The van der Waals surface area contributed by atoms with Crippen molar-refractivity contribution >= 4 is 17.6 Å². The Balaban J connectivity index is 2.16. The summed E-state index contributed by atoms with van der Waals surface area (Å²) in [7, 11) is 3.12. The number of primary amides is 1. The maximum Gasteiger partial charge on any atom is 0.318 e. The lowest BCUT2D eigenvalue weighted by Crippen LogP contribution is -2.43. The number of amides is 3. The fourth-order valence-electron chi connectivity index (χ4n) is 2.16. The van der Waals surface area contributed by atoms with Crippen LogP contribution in [0.2, 0.25) is 0 Å². The molecule has 3 amide bonds. The Kier molecular flexibility index (Phi) is 6.26. The van der Waals surface area contributed by atoms with Gasteiger partial charge in [-0.1, -0.05) is 0 Å². The lowest BCUT2D eigenvalue weighted by Gasteiger charge is -2.16. The largest absolute Gasteiger partial charge is 0.497 e. The minimum Gasteiger partial charge on any atom is -0.497 e. The van der Waals surface area contributed by atoms with Gasteiger partial charge in [0.2, 0.25) is 5.91 Å². The molecule has 0 fully saturated rings. The first kappa shape index (κ1) is 18.9. The molecule has 8 nitrogen and oxygen atoms in total. The van der Waals surface area contributed by atoms with Crippen molar-refractivity contribution in [2.45, 2.75) is 13.0 Å². The van der Waals surface area contributed by atoms with Crippen LogP contribution in [0.1, 0.15) is 6.92 Å². The van der Waals surface area contributed by atoms with Gasteiger partial charge in [0.05, 0.1) is 14.2 Å². The number of benzene rings is 2. The highest BCUT2D eigenvalue weighted by Crippen LogP contribution is 2.34. The summed E-state index contributed by atoms with van der Waals surface area (Å²) in [6.07, 6.45) is 0. The first-order valence-electron chi connectivity index (χ1n) is 7.79. The van der Waals surface area contributed by atoms with Crippen LogP contribution >= 0.6 is 0 Å². The number of hydrogen-bond donors (Lipinski definition) is 3. The number of anilines is 1. The van der Waals surface area contributed by atoms with E-state index >= 15 is 0 Å². The average molecular weight is 359 g/mol. The van der Waals surface area contributed by atoms with E-state index in [9.17, 15) is 9.59 Å². The third kappa shape index (κ3) is 5.04. The summed E-state index contributed by atoms with van der Waals surface area (Å²) in [6.45, 7) is 1.60. The van der Waals surface area contributed by atoms with Gasteiger partial charge >= 0.3 is 6.03 Å². The van der Waals surface area contributed by atoms with Gasteiger partial charge in [0, 0.05) is 11.8 Å². The molecule has 2 rings (SSSR count). The molecule has 0 aromatic heterocycles. The van der Waals surface area contributed by atoms with Crippen molar-refractivity contribution in [2.75, 3.05) is 19.5 Å². The number of hydrogen-bond acceptors (Lipinski definition) is 6. The molecule has 0 aliphatic carbocycles. The maximum atomic E-state index is 11.8. The Morgan fingerprint density at radius 3 is 2.19 bits per heavy atom. The second-order valence-electron chi connectivity index (χ2n) is 5.36. The number of nitrogens with two attached hydrogens (primary N) is 1. The van der Waals surface area contributed by atoms with Crippen LogP contribution in [0.15, 0.2) is 42.5 Å². The zero-order valence-electron chi connectivity index (χ0n) is 14.7. The van der Waals surface area contributed by atoms with Crippen molar-refractivity contribution in [1.82, 2.24) is 5.32 Å². The van der Waals surface area contributed by atoms with E-state index < -0.39 is 18.0 Å². The molecule has 26 heavy (non-hydrogen) atoms. The first-order chi connectivity index (χ1) is 12.4. The fraction of sp³-hybridized carbons (Fsp3) is 0.222. The molecule has 1 atom stereocenters. The van der Waals surface area contributed by atoms with Crippen LogP contribution in [0.25, 0.3) is 0 Å². The van der Waals surface area contributed by atoms with E-state index in [-0.39, 0.29) is 0 Å². The van der Waals surface area contributed by atoms with Gasteiger partial charge in [-0.3, -0.25) is 10.1 Å². The highest BCUT2D eigenvalue weighted by molar-refractivity contribution is 5.97. The monoisotopic (exact) mass is 359 g/mol. The van der Waals surface area contributed by atoms with Crippen molar-refractivity contribution in [3.63, 3.8) is 0 Å². The smallest absolute Gasteiger partial charge is 0.318 e. The third-order valence-corrected chi connectivity index (χ3v) is 3.47. The van der Waals surface area contributed by atoms with Gasteiger partial charge in [-0.15, -0.1) is 0 Å². The summed E-state index contributed by atoms with van der Waals surface area (Å²) < 4.78 is 16.3. The van der Waals surface area contributed by atoms with Crippen LogP contribution in [0.4, 0.5) is 10.5 Å². The highest BCUT2D eigenvalue weighted by Gasteiger charge is 2.15. The number of carbonyl (C=O) groups is 2. The van der Waals surface area contributed by atoms with Crippen molar-refractivity contribution in [1.29, 1.82) is 0 Å². The summed E-state index contributed by atoms with van der Waals surface area (Å²) in [5.41, 5.74) is 5.56. The van der Waals surface area contributed by atoms with Crippen LogP contribution in [0.5, 0.6) is 23.0 Å². The number of carbonyl (C=O) groups excluding carboxylic acids is 2. The van der Waals surface area contributed by atoms with Gasteiger partial charge in [0.15, 0.2) is 11.5 Å². The van der Waals surface area contributed by atoms with Crippen molar-refractivity contribution in [3.05, 3.63) is 42.5 Å². The van der Waals surface area contributed by atoms with Gasteiger partial charge in [0.1, 0.15) is 17.5 Å². The Hall–Kier alpha value is -3.42. The molecule has 4 N–H and O–H groups in total. The van der Waals surface area contributed by atoms with E-state index in [2.05, 4.69) is 5.32 Å². The summed E-state index contributed by atoms with van der Waals surface area (Å²) in [5, 5.41) is 4.99. The summed E-state index contributed by atoms with van der Waals surface area (Å²) >= 11 is 0. The normalized spacial score (nSPS) is 11.2. The SMILES string of the molecule is COc1ccc(Oc2cc(N[C@@H](C)C(=O)NC(N)=O)ccc2OC)cc1. The Bertz CT molecular complexity index is 777. The first-order valence-corrected chi connectivity index (χ1v) is 7.79. The maximum absolute atomic E-state index is 11.8. The van der Waals surface area contributed by atoms with Gasteiger partial charge < -0.3 is 25.3 Å². The van der Waals surface area contributed by atoms with Gasteiger partial charge in [-0.2, -0.15) is 0 Å². The molecule has 2 aromatic rings. The Morgan fingerprint density at radius 2 is 1.62 bits per heavy atom. The van der Waals surface area contributed by atoms with E-state index in [1.165, 1.54) is 7.11 Å². The molecule has 0 radical (unpaired) electrons. The number of imide groups is 1. The van der Waals surface area contributed by atoms with Crippen LogP contribution < -0.4 is 30.6 Å². The van der Waals surface area contributed by atoms with E-state index in [1.807, 2.05) is 5.32 Å². The lowest BCUT2D eigenvalue weighted by atomic mass is 10.2. The number of urea groups is 1. The molecule has 0 unspecified atom stereocenters. The molecule has 0 saturated heterocycles. The second kappa shape index (κ2) is 8.61. The summed E-state index contributed by atoms with van der Waals surface area (Å²) in [5.74, 6) is 1.77. The molecule has 0 heterocycles. The number of nitrogens with one attached hydrogen (secondary N) is 2. The molecular formula is C18H21N3O5. The second-order valence-corrected chi connectivity index (χ2v) is 5.36. The minimum atomic E-state index is -0.901. The summed E-state index contributed by atoms with van der Waals surface area (Å²) in [4.78, 5) is 22.5. The Morgan fingerprint density at radius 1 is 0.962 bits per heavy atom. The van der Waals surface area contributed by atoms with Crippen LogP contribution in [0.3, 0.4) is 0 Å². The molecule has 8 heteroatoms. The fourth-order valence-corrected chi connectivity index (χ4v) is 2.16. The third-order valence-electron chi connectivity index (χ3n) is 3.47. The van der Waals surface area contributed by atoms with Crippen LogP contribution in [-0.2, 0) is 4.79 Å². The zero-order valence-corrected chi connectivity index (χ0v) is 14.7. The minimum absolute atomic E-state index is 0.463. The van der Waals surface area contributed by atoms with E-state index in [0.717, 1.165) is 0 Å². The lowest BCUT2D eigenvalue weighted by molar-refractivity contribution is -0.120. The number of rotatable bonds is 7. The quantitative estimate of drug-likeness (QED) is 0.700. The average Bonchev–Trinajstić information content (AvgIpc) is 2.62. The van der Waals surface area contributed by atoms with Crippen molar-refractivity contribution in [2.24, 2.45) is 5.73 Å².